The second-order valence-corrected chi connectivity index (χ2v) is 18.9. The highest BCUT2D eigenvalue weighted by Crippen LogP contribution is 2.38. The van der Waals surface area contributed by atoms with Gasteiger partial charge in [-0.15, -0.1) is 0 Å². The first-order chi connectivity index (χ1) is 27.5. The van der Waals surface area contributed by atoms with Crippen LogP contribution in [0.1, 0.15) is 226 Å². The lowest BCUT2D eigenvalue weighted by molar-refractivity contribution is -0.870. The summed E-state index contributed by atoms with van der Waals surface area (Å²) in [7, 11) is 1.17. The van der Waals surface area contributed by atoms with Gasteiger partial charge in [-0.1, -0.05) is 187 Å². The van der Waals surface area contributed by atoms with E-state index >= 15 is 0 Å². The fraction of sp³-hybridized carbons (Fsp3) is 0.915. The zero-order valence-corrected chi connectivity index (χ0v) is 38.9. The molecule has 0 aromatic heterocycles. The molecule has 0 saturated carbocycles. The molecular formula is C47H92NO8P. The summed E-state index contributed by atoms with van der Waals surface area (Å²) in [4.78, 5) is 37.5. The number of phosphoric ester groups is 1. The van der Waals surface area contributed by atoms with E-state index in [2.05, 4.69) is 26.0 Å². The third-order valence-corrected chi connectivity index (χ3v) is 11.5. The molecule has 2 atom stereocenters. The quantitative estimate of drug-likeness (QED) is 0.0196. The largest absolute Gasteiger partial charge is 0.756 e. The number of rotatable bonds is 44. The van der Waals surface area contributed by atoms with Crippen LogP contribution in [0, 0.1) is 0 Å². The van der Waals surface area contributed by atoms with Crippen LogP contribution in [0.4, 0.5) is 0 Å². The molecule has 0 aliphatic heterocycles. The summed E-state index contributed by atoms with van der Waals surface area (Å²) in [5.74, 6) is -0.833. The number of allylic oxidation sites excluding steroid dienone is 2. The molecule has 0 spiro atoms. The first-order valence-corrected chi connectivity index (χ1v) is 25.4. The Bertz CT molecular complexity index is 985. The SMILES string of the molecule is CCCCC/C=C/CCCCCCCC(=O)O[C@@H](COC(=O)CCCCCCCCCCCCCCCCCCCCCCC)COP(=O)([O-])OCC[N+](C)(C)C. The summed E-state index contributed by atoms with van der Waals surface area (Å²) in [5.41, 5.74) is 0. The molecule has 10 heteroatoms. The number of nitrogens with zero attached hydrogens (tertiary/aromatic N) is 1. The lowest BCUT2D eigenvalue weighted by Gasteiger charge is -2.28. The van der Waals surface area contributed by atoms with E-state index in [0.717, 1.165) is 57.8 Å². The van der Waals surface area contributed by atoms with E-state index in [0.29, 0.717) is 17.4 Å². The number of hydrogen-bond acceptors (Lipinski definition) is 8. The highest BCUT2D eigenvalue weighted by molar-refractivity contribution is 7.45. The third-order valence-electron chi connectivity index (χ3n) is 10.5. The number of unbranched alkanes of at least 4 members (excludes halogenated alkanes) is 28. The summed E-state index contributed by atoms with van der Waals surface area (Å²) < 4.78 is 33.9. The van der Waals surface area contributed by atoms with Crippen molar-refractivity contribution in [2.24, 2.45) is 0 Å². The van der Waals surface area contributed by atoms with Crippen molar-refractivity contribution in [1.82, 2.24) is 0 Å². The van der Waals surface area contributed by atoms with Crippen LogP contribution in [0.5, 0.6) is 0 Å². The van der Waals surface area contributed by atoms with Crippen molar-refractivity contribution in [2.45, 2.75) is 232 Å². The van der Waals surface area contributed by atoms with E-state index in [1.54, 1.807) is 0 Å². The maximum atomic E-state index is 12.7. The van der Waals surface area contributed by atoms with E-state index in [9.17, 15) is 19.0 Å². The molecule has 57 heavy (non-hydrogen) atoms. The van der Waals surface area contributed by atoms with Gasteiger partial charge in [-0.25, -0.2) is 0 Å². The lowest BCUT2D eigenvalue weighted by atomic mass is 10.0. The lowest BCUT2D eigenvalue weighted by Crippen LogP contribution is -2.37. The van der Waals surface area contributed by atoms with Crippen LogP contribution in [0.25, 0.3) is 0 Å². The molecule has 0 fully saturated rings. The zero-order chi connectivity index (χ0) is 42.1. The molecule has 0 aromatic carbocycles. The van der Waals surface area contributed by atoms with Gasteiger partial charge in [0.15, 0.2) is 6.10 Å². The Labute approximate surface area is 352 Å². The normalized spacial score (nSPS) is 13.6. The smallest absolute Gasteiger partial charge is 0.306 e. The average molecular weight is 830 g/mol. The van der Waals surface area contributed by atoms with E-state index in [-0.39, 0.29) is 32.0 Å². The van der Waals surface area contributed by atoms with Gasteiger partial charge in [0.2, 0.25) is 0 Å². The molecule has 1 unspecified atom stereocenters. The van der Waals surface area contributed by atoms with Crippen molar-refractivity contribution < 1.29 is 42.1 Å². The number of phosphoric acid groups is 1. The zero-order valence-electron chi connectivity index (χ0n) is 38.1. The fourth-order valence-corrected chi connectivity index (χ4v) is 7.50. The minimum absolute atomic E-state index is 0.0293. The molecule has 0 N–H and O–H groups in total. The Morgan fingerprint density at radius 1 is 0.526 bits per heavy atom. The standard InChI is InChI=1S/C47H92NO8P/c1-6-8-10-12-14-16-18-20-21-22-23-24-25-26-27-28-30-31-33-35-37-39-46(49)53-43-45(44-55-57(51,52)54-42-41-48(3,4)5)56-47(50)40-38-36-34-32-29-19-17-15-13-11-9-7-2/h15,17,45H,6-14,16,18-44H2,1-5H3/b17-15+/t45-/m0/s1. The Hall–Kier alpha value is -1.25. The number of ether oxygens (including phenoxy) is 2. The minimum atomic E-state index is -4.62. The van der Waals surface area contributed by atoms with Gasteiger partial charge in [0, 0.05) is 12.8 Å². The molecule has 0 amide bonds. The van der Waals surface area contributed by atoms with E-state index in [1.165, 1.54) is 135 Å². The Balaban J connectivity index is 4.19. The molecule has 9 nitrogen and oxygen atoms in total. The van der Waals surface area contributed by atoms with Gasteiger partial charge in [0.05, 0.1) is 27.7 Å². The first kappa shape index (κ1) is 55.8. The highest BCUT2D eigenvalue weighted by atomic mass is 31.2. The van der Waals surface area contributed by atoms with E-state index < -0.39 is 26.5 Å². The molecular weight excluding hydrogens is 737 g/mol. The van der Waals surface area contributed by atoms with Crippen LogP contribution in [-0.4, -0.2) is 70.0 Å². The van der Waals surface area contributed by atoms with Crippen molar-refractivity contribution in [3.8, 4) is 0 Å². The molecule has 0 radical (unpaired) electrons. The topological polar surface area (TPSA) is 111 Å². The molecule has 338 valence electrons. The van der Waals surface area contributed by atoms with Crippen LogP contribution >= 0.6 is 7.82 Å². The van der Waals surface area contributed by atoms with Gasteiger partial charge >= 0.3 is 11.9 Å². The Kier molecular flexibility index (Phi) is 39.3. The van der Waals surface area contributed by atoms with Crippen molar-refractivity contribution in [3.63, 3.8) is 0 Å². The first-order valence-electron chi connectivity index (χ1n) is 23.9. The molecule has 0 bridgehead atoms. The van der Waals surface area contributed by atoms with Crippen LogP contribution in [-0.2, 0) is 32.7 Å². The van der Waals surface area contributed by atoms with Crippen LogP contribution in [0.15, 0.2) is 12.2 Å². The Morgan fingerprint density at radius 3 is 1.33 bits per heavy atom. The van der Waals surface area contributed by atoms with Crippen LogP contribution in [0.2, 0.25) is 0 Å². The van der Waals surface area contributed by atoms with Crippen LogP contribution in [0.3, 0.4) is 0 Å². The third kappa shape index (κ3) is 44.1. The molecule has 0 aliphatic rings. The van der Waals surface area contributed by atoms with Gasteiger partial charge in [0.25, 0.3) is 7.82 Å². The predicted octanol–water partition coefficient (Wildman–Crippen LogP) is 13.1. The average Bonchev–Trinajstić information content (AvgIpc) is 3.16. The molecule has 0 heterocycles. The highest BCUT2D eigenvalue weighted by Gasteiger charge is 2.21. The number of likely N-dealkylation sites (N-methyl/N-ethyl adjacent to an activating group) is 1. The number of hydrogen-bond donors (Lipinski definition) is 0. The maximum absolute atomic E-state index is 12.7. The van der Waals surface area contributed by atoms with Crippen molar-refractivity contribution >= 4 is 19.8 Å². The second kappa shape index (κ2) is 40.2. The predicted molar refractivity (Wildman–Crippen MR) is 236 cm³/mol. The van der Waals surface area contributed by atoms with Gasteiger partial charge in [-0.05, 0) is 38.5 Å². The fourth-order valence-electron chi connectivity index (χ4n) is 6.77. The number of esters is 2. The molecule has 0 aliphatic carbocycles. The molecule has 0 aromatic rings. The van der Waals surface area contributed by atoms with Crippen molar-refractivity contribution in [2.75, 3.05) is 47.5 Å². The maximum Gasteiger partial charge on any atom is 0.306 e. The van der Waals surface area contributed by atoms with Crippen molar-refractivity contribution in [3.05, 3.63) is 12.2 Å². The van der Waals surface area contributed by atoms with Crippen molar-refractivity contribution in [1.29, 1.82) is 0 Å². The summed E-state index contributed by atoms with van der Waals surface area (Å²) in [6.07, 6.45) is 42.4. The molecule has 0 saturated heterocycles. The monoisotopic (exact) mass is 830 g/mol. The summed E-state index contributed by atoms with van der Waals surface area (Å²) in [5, 5.41) is 0. The number of quaternary nitrogens is 1. The van der Waals surface area contributed by atoms with Gasteiger partial charge in [-0.3, -0.25) is 14.2 Å². The summed E-state index contributed by atoms with van der Waals surface area (Å²) in [6, 6.07) is 0. The summed E-state index contributed by atoms with van der Waals surface area (Å²) in [6.45, 7) is 4.22. The van der Waals surface area contributed by atoms with E-state index in [4.69, 9.17) is 18.5 Å². The molecule has 0 rings (SSSR count). The Morgan fingerprint density at radius 2 is 0.895 bits per heavy atom. The second-order valence-electron chi connectivity index (χ2n) is 17.5. The van der Waals surface area contributed by atoms with Crippen LogP contribution < -0.4 is 4.89 Å². The van der Waals surface area contributed by atoms with Gasteiger partial charge in [0.1, 0.15) is 19.8 Å². The van der Waals surface area contributed by atoms with Gasteiger partial charge < -0.3 is 27.9 Å². The summed E-state index contributed by atoms with van der Waals surface area (Å²) >= 11 is 0. The number of carbonyl (C=O) groups is 2. The van der Waals surface area contributed by atoms with Gasteiger partial charge in [-0.2, -0.15) is 0 Å². The van der Waals surface area contributed by atoms with E-state index in [1.807, 2.05) is 21.1 Å². The minimum Gasteiger partial charge on any atom is -0.756 e. The number of carbonyl (C=O) groups excluding carboxylic acids is 2.